The maximum Gasteiger partial charge on any atom is 0.244 e. The second kappa shape index (κ2) is 7.33. The average Bonchev–Trinajstić information content (AvgIpc) is 2.90. The number of nitrogens with zero attached hydrogens (tertiary/aromatic N) is 1. The summed E-state index contributed by atoms with van der Waals surface area (Å²) in [6.07, 6.45) is 1.51. The fourth-order valence-electron chi connectivity index (χ4n) is 4.46. The summed E-state index contributed by atoms with van der Waals surface area (Å²) < 4.78 is 40.8. The highest BCUT2D eigenvalue weighted by Crippen LogP contribution is 2.41. The van der Waals surface area contributed by atoms with Crippen LogP contribution in [0.15, 0.2) is 23.1 Å². The molecule has 0 saturated carbocycles. The Morgan fingerprint density at radius 2 is 1.52 bits per heavy atom. The van der Waals surface area contributed by atoms with Crippen LogP contribution in [-0.2, 0) is 16.4 Å². The van der Waals surface area contributed by atoms with Crippen molar-refractivity contribution in [3.63, 3.8) is 0 Å². The van der Waals surface area contributed by atoms with Crippen molar-refractivity contribution in [1.82, 2.24) is 4.31 Å². The number of rotatable bonds is 2. The third-order valence-electron chi connectivity index (χ3n) is 6.36. The van der Waals surface area contributed by atoms with E-state index in [0.717, 1.165) is 45.6 Å². The van der Waals surface area contributed by atoms with E-state index < -0.39 is 10.0 Å². The molecule has 0 spiro atoms. The zero-order chi connectivity index (χ0) is 20.9. The minimum absolute atomic E-state index is 0.263. The molecule has 0 aliphatic carbocycles. The molecule has 29 heavy (non-hydrogen) atoms. The molecule has 4 rings (SSSR count). The molecule has 0 unspecified atom stereocenters. The molecule has 1 atom stereocenters. The fraction of sp³-hybridized carbons (Fsp3) is 0.478. The molecular weight excluding hydrogens is 386 g/mol. The van der Waals surface area contributed by atoms with Crippen LogP contribution in [0.25, 0.3) is 0 Å². The van der Waals surface area contributed by atoms with Crippen LogP contribution in [0, 0.1) is 27.7 Å². The Morgan fingerprint density at radius 3 is 2.14 bits per heavy atom. The van der Waals surface area contributed by atoms with Crippen molar-refractivity contribution >= 4 is 10.0 Å². The molecule has 2 aliphatic heterocycles. The van der Waals surface area contributed by atoms with E-state index in [1.807, 2.05) is 46.8 Å². The fourth-order valence-corrected chi connectivity index (χ4v) is 6.66. The number of hydrogen-bond acceptors (Lipinski definition) is 4. The summed E-state index contributed by atoms with van der Waals surface area (Å²) >= 11 is 0. The number of ether oxygens (including phenoxy) is 2. The van der Waals surface area contributed by atoms with E-state index in [-0.39, 0.29) is 6.04 Å². The molecule has 6 heteroatoms. The molecule has 0 saturated heterocycles. The van der Waals surface area contributed by atoms with E-state index in [9.17, 15) is 8.42 Å². The first kappa shape index (κ1) is 20.2. The molecule has 5 nitrogen and oxygen atoms in total. The topological polar surface area (TPSA) is 55.8 Å². The van der Waals surface area contributed by atoms with Crippen LogP contribution in [0.3, 0.4) is 0 Å². The molecule has 2 aromatic rings. The van der Waals surface area contributed by atoms with Crippen LogP contribution in [-0.4, -0.2) is 32.5 Å². The van der Waals surface area contributed by atoms with E-state index >= 15 is 0 Å². The van der Waals surface area contributed by atoms with Crippen molar-refractivity contribution in [2.75, 3.05) is 19.8 Å². The summed E-state index contributed by atoms with van der Waals surface area (Å²) in [7, 11) is -3.63. The van der Waals surface area contributed by atoms with Crippen LogP contribution in [0.5, 0.6) is 11.5 Å². The highest BCUT2D eigenvalue weighted by Gasteiger charge is 2.37. The summed E-state index contributed by atoms with van der Waals surface area (Å²) in [5.74, 6) is 1.48. The van der Waals surface area contributed by atoms with Gasteiger partial charge in [0.15, 0.2) is 11.5 Å². The molecule has 2 heterocycles. The maximum absolute atomic E-state index is 13.8. The Morgan fingerprint density at radius 1 is 0.931 bits per heavy atom. The van der Waals surface area contributed by atoms with Gasteiger partial charge in [-0.3, -0.25) is 0 Å². The van der Waals surface area contributed by atoms with Crippen molar-refractivity contribution < 1.29 is 17.9 Å². The number of sulfonamides is 1. The minimum Gasteiger partial charge on any atom is -0.490 e. The van der Waals surface area contributed by atoms with Crippen molar-refractivity contribution in [3.8, 4) is 11.5 Å². The summed E-state index contributed by atoms with van der Waals surface area (Å²) in [5.41, 5.74) is 5.83. The molecule has 0 fully saturated rings. The number of benzene rings is 2. The van der Waals surface area contributed by atoms with Gasteiger partial charge in [0.05, 0.1) is 18.1 Å². The van der Waals surface area contributed by atoms with Gasteiger partial charge >= 0.3 is 0 Å². The Bertz CT molecular complexity index is 1050. The molecular formula is C23H29NO4S. The van der Waals surface area contributed by atoms with Crippen LogP contribution >= 0.6 is 0 Å². The second-order valence-electron chi connectivity index (χ2n) is 8.18. The molecule has 2 aromatic carbocycles. The highest BCUT2D eigenvalue weighted by atomic mass is 32.2. The Labute approximate surface area is 173 Å². The van der Waals surface area contributed by atoms with Crippen molar-refractivity contribution in [2.45, 2.75) is 58.4 Å². The van der Waals surface area contributed by atoms with Gasteiger partial charge in [0.1, 0.15) is 0 Å². The largest absolute Gasteiger partial charge is 0.490 e. The molecule has 0 radical (unpaired) electrons. The van der Waals surface area contributed by atoms with Gasteiger partial charge in [0, 0.05) is 19.0 Å². The quantitative estimate of drug-likeness (QED) is 0.730. The van der Waals surface area contributed by atoms with E-state index in [4.69, 9.17) is 9.47 Å². The maximum atomic E-state index is 13.8. The van der Waals surface area contributed by atoms with Gasteiger partial charge in [0.2, 0.25) is 10.0 Å². The van der Waals surface area contributed by atoms with Gasteiger partial charge in [-0.2, -0.15) is 4.31 Å². The van der Waals surface area contributed by atoms with Crippen molar-refractivity contribution in [3.05, 3.63) is 51.6 Å². The lowest BCUT2D eigenvalue weighted by Crippen LogP contribution is -2.39. The molecule has 2 aliphatic rings. The Kier molecular flexibility index (Phi) is 5.11. The average molecular weight is 416 g/mol. The summed E-state index contributed by atoms with van der Waals surface area (Å²) in [6.45, 7) is 11.4. The minimum atomic E-state index is -3.63. The van der Waals surface area contributed by atoms with Crippen LogP contribution in [0.2, 0.25) is 0 Å². The van der Waals surface area contributed by atoms with Crippen LogP contribution in [0.1, 0.15) is 52.8 Å². The molecule has 0 bridgehead atoms. The summed E-state index contributed by atoms with van der Waals surface area (Å²) in [4.78, 5) is 0.458. The standard InChI is InChI=1S/C23H29NO4S/c1-14-11-15(2)17(4)23(16(14)3)29(25,26)24-8-7-19-12-21-22(13-20(19)18(24)5)28-10-6-9-27-21/h11-13,18H,6-10H2,1-5H3/t18-/m1/s1. The van der Waals surface area contributed by atoms with Gasteiger partial charge in [-0.05, 0) is 86.6 Å². The van der Waals surface area contributed by atoms with Crippen LogP contribution < -0.4 is 9.47 Å². The second-order valence-corrected chi connectivity index (χ2v) is 10.0. The van der Waals surface area contributed by atoms with Gasteiger partial charge < -0.3 is 9.47 Å². The van der Waals surface area contributed by atoms with Crippen molar-refractivity contribution in [1.29, 1.82) is 0 Å². The first-order chi connectivity index (χ1) is 13.7. The van der Waals surface area contributed by atoms with Gasteiger partial charge in [-0.1, -0.05) is 6.07 Å². The van der Waals surface area contributed by atoms with E-state index in [2.05, 4.69) is 6.07 Å². The zero-order valence-corrected chi connectivity index (χ0v) is 18.6. The van der Waals surface area contributed by atoms with Crippen molar-refractivity contribution in [2.24, 2.45) is 0 Å². The van der Waals surface area contributed by atoms with E-state index in [0.29, 0.717) is 36.8 Å². The van der Waals surface area contributed by atoms with E-state index in [1.54, 1.807) is 4.31 Å². The molecule has 0 amide bonds. The Balaban J connectivity index is 1.78. The number of hydrogen-bond donors (Lipinski definition) is 0. The van der Waals surface area contributed by atoms with Crippen LogP contribution in [0.4, 0.5) is 0 Å². The lowest BCUT2D eigenvalue weighted by molar-refractivity contribution is 0.296. The number of aryl methyl sites for hydroxylation is 2. The predicted molar refractivity (Wildman–Crippen MR) is 113 cm³/mol. The Hall–Kier alpha value is -2.05. The lowest BCUT2D eigenvalue weighted by Gasteiger charge is -2.35. The van der Waals surface area contributed by atoms with Gasteiger partial charge in [0.25, 0.3) is 0 Å². The first-order valence-corrected chi connectivity index (χ1v) is 11.7. The predicted octanol–water partition coefficient (Wildman–Crippen LogP) is 4.39. The smallest absolute Gasteiger partial charge is 0.244 e. The highest BCUT2D eigenvalue weighted by molar-refractivity contribution is 7.89. The monoisotopic (exact) mass is 415 g/mol. The zero-order valence-electron chi connectivity index (χ0n) is 17.8. The normalized spacial score (nSPS) is 19.6. The third kappa shape index (κ3) is 3.32. The van der Waals surface area contributed by atoms with E-state index in [1.165, 1.54) is 0 Å². The number of fused-ring (bicyclic) bond motifs is 2. The van der Waals surface area contributed by atoms with Gasteiger partial charge in [-0.25, -0.2) is 8.42 Å². The molecule has 0 N–H and O–H groups in total. The molecule has 156 valence electrons. The molecule has 0 aromatic heterocycles. The first-order valence-electron chi connectivity index (χ1n) is 10.2. The lowest BCUT2D eigenvalue weighted by atomic mass is 9.94. The summed E-state index contributed by atoms with van der Waals surface area (Å²) in [5, 5.41) is 0. The van der Waals surface area contributed by atoms with Gasteiger partial charge in [-0.15, -0.1) is 0 Å². The SMILES string of the molecule is Cc1cc(C)c(C)c(S(=O)(=O)N2CCc3cc4c(cc3[C@H]2C)OCCCO4)c1C. The third-order valence-corrected chi connectivity index (χ3v) is 8.60. The summed E-state index contributed by atoms with van der Waals surface area (Å²) in [6, 6.07) is 5.80.